The topological polar surface area (TPSA) is 62.3 Å². The van der Waals surface area contributed by atoms with E-state index < -0.39 is 17.5 Å². The molecule has 0 unspecified atom stereocenters. The molecule has 0 aliphatic carbocycles. The van der Waals surface area contributed by atoms with Gasteiger partial charge in [0.1, 0.15) is 5.69 Å². The number of nitrogens with one attached hydrogen (secondary N) is 1. The number of amides is 2. The van der Waals surface area contributed by atoms with E-state index in [4.69, 9.17) is 0 Å². The maximum atomic E-state index is 13.4. The molecule has 3 aromatic rings. The molecule has 2 aromatic carbocycles. The first kappa shape index (κ1) is 20.6. The van der Waals surface area contributed by atoms with Gasteiger partial charge in [-0.1, -0.05) is 22.0 Å². The van der Waals surface area contributed by atoms with Gasteiger partial charge < -0.3 is 10.2 Å². The predicted octanol–water partition coefficient (Wildman–Crippen LogP) is 4.65. The van der Waals surface area contributed by atoms with Crippen LogP contribution in [0.1, 0.15) is 26.4 Å². The first-order chi connectivity index (χ1) is 13.8. The highest BCUT2D eigenvalue weighted by atomic mass is 79.9. The molecule has 0 spiro atoms. The molecule has 0 bridgehead atoms. The molecule has 1 aromatic heterocycles. The molecule has 0 atom stereocenters. The lowest BCUT2D eigenvalue weighted by Crippen LogP contribution is -2.27. The van der Waals surface area contributed by atoms with Crippen LogP contribution in [0.5, 0.6) is 0 Å². The van der Waals surface area contributed by atoms with Crippen molar-refractivity contribution in [3.05, 3.63) is 93.7 Å². The average molecular weight is 460 g/mol. The Morgan fingerprint density at radius 2 is 1.86 bits per heavy atom. The van der Waals surface area contributed by atoms with Gasteiger partial charge in [0.25, 0.3) is 11.8 Å². The molecular weight excluding hydrogens is 444 g/mol. The van der Waals surface area contributed by atoms with Crippen LogP contribution in [0, 0.1) is 11.6 Å². The molecule has 0 aliphatic heterocycles. The minimum atomic E-state index is -1.09. The van der Waals surface area contributed by atoms with E-state index in [0.29, 0.717) is 11.3 Å². The Bertz CT molecular complexity index is 1060. The Morgan fingerprint density at radius 1 is 1.07 bits per heavy atom. The van der Waals surface area contributed by atoms with E-state index in [1.807, 2.05) is 0 Å². The van der Waals surface area contributed by atoms with Crippen molar-refractivity contribution in [3.63, 3.8) is 0 Å². The van der Waals surface area contributed by atoms with Crippen molar-refractivity contribution in [2.75, 3.05) is 12.4 Å². The normalized spacial score (nSPS) is 10.5. The Labute approximate surface area is 174 Å². The van der Waals surface area contributed by atoms with Gasteiger partial charge in [-0.05, 0) is 54.1 Å². The van der Waals surface area contributed by atoms with Crippen molar-refractivity contribution < 1.29 is 18.4 Å². The fraction of sp³-hybridized carbons (Fsp3) is 0.0952. The summed E-state index contributed by atoms with van der Waals surface area (Å²) in [5, 5.41) is 2.78. The van der Waals surface area contributed by atoms with Gasteiger partial charge >= 0.3 is 0 Å². The molecule has 0 radical (unpaired) electrons. The van der Waals surface area contributed by atoms with E-state index in [1.54, 1.807) is 36.4 Å². The number of aromatic nitrogens is 1. The highest BCUT2D eigenvalue weighted by Gasteiger charge is 2.17. The number of benzene rings is 2. The number of carbonyl (C=O) groups excluding carboxylic acids is 2. The summed E-state index contributed by atoms with van der Waals surface area (Å²) in [6.07, 6.45) is 1.52. The molecule has 2 amide bonds. The fourth-order valence-electron chi connectivity index (χ4n) is 2.68. The Balaban J connectivity index is 1.81. The summed E-state index contributed by atoms with van der Waals surface area (Å²) in [5.41, 5.74) is 1.45. The number of pyridine rings is 1. The van der Waals surface area contributed by atoms with Crippen LogP contribution in [-0.4, -0.2) is 28.7 Å². The third-order valence-electron chi connectivity index (χ3n) is 4.13. The molecule has 0 aliphatic rings. The van der Waals surface area contributed by atoms with Crippen molar-refractivity contribution >= 4 is 33.4 Å². The van der Waals surface area contributed by atoms with Crippen molar-refractivity contribution in [2.24, 2.45) is 0 Å². The number of anilines is 1. The second kappa shape index (κ2) is 8.91. The van der Waals surface area contributed by atoms with Crippen molar-refractivity contribution in [2.45, 2.75) is 6.54 Å². The molecule has 3 rings (SSSR count). The summed E-state index contributed by atoms with van der Waals surface area (Å²) < 4.78 is 27.3. The van der Waals surface area contributed by atoms with Gasteiger partial charge in [0.2, 0.25) is 0 Å². The monoisotopic (exact) mass is 459 g/mol. The van der Waals surface area contributed by atoms with Crippen LogP contribution in [-0.2, 0) is 6.54 Å². The van der Waals surface area contributed by atoms with E-state index in [1.165, 1.54) is 24.2 Å². The number of hydrogen-bond acceptors (Lipinski definition) is 3. The lowest BCUT2D eigenvalue weighted by atomic mass is 10.1. The van der Waals surface area contributed by atoms with Crippen molar-refractivity contribution in [3.8, 4) is 0 Å². The average Bonchev–Trinajstić information content (AvgIpc) is 2.72. The van der Waals surface area contributed by atoms with E-state index in [2.05, 4.69) is 26.2 Å². The highest BCUT2D eigenvalue weighted by Crippen LogP contribution is 2.24. The van der Waals surface area contributed by atoms with Crippen LogP contribution >= 0.6 is 15.9 Å². The first-order valence-corrected chi connectivity index (χ1v) is 9.36. The lowest BCUT2D eigenvalue weighted by molar-refractivity contribution is 0.0784. The molecule has 1 heterocycles. The number of halogens is 3. The predicted molar refractivity (Wildman–Crippen MR) is 108 cm³/mol. The van der Waals surface area contributed by atoms with Gasteiger partial charge in [-0.15, -0.1) is 0 Å². The summed E-state index contributed by atoms with van der Waals surface area (Å²) in [6.45, 7) is 0.134. The Hall–Kier alpha value is -3.13. The standard InChI is InChI=1S/C21H16BrF2N3O2/c1-27(21(29)13-5-7-16(23)17(24)11-13)12-14-10-15(22)6-8-18(14)26-20(28)19-4-2-3-9-25-19/h2-11H,12H2,1H3,(H,26,28). The van der Waals surface area contributed by atoms with Gasteiger partial charge in [0.15, 0.2) is 11.6 Å². The lowest BCUT2D eigenvalue weighted by Gasteiger charge is -2.20. The zero-order valence-corrected chi connectivity index (χ0v) is 16.9. The molecule has 8 heteroatoms. The van der Waals surface area contributed by atoms with Crippen LogP contribution in [0.2, 0.25) is 0 Å². The number of carbonyl (C=O) groups is 2. The molecular formula is C21H16BrF2N3O2. The Morgan fingerprint density at radius 3 is 2.55 bits per heavy atom. The summed E-state index contributed by atoms with van der Waals surface area (Å²) in [7, 11) is 1.54. The minimum Gasteiger partial charge on any atom is -0.337 e. The summed E-state index contributed by atoms with van der Waals surface area (Å²) in [5.74, 6) is -2.97. The van der Waals surface area contributed by atoms with Crippen molar-refractivity contribution in [1.82, 2.24) is 9.88 Å². The fourth-order valence-corrected chi connectivity index (χ4v) is 3.08. The van der Waals surface area contributed by atoms with Gasteiger partial charge in [0.05, 0.1) is 0 Å². The van der Waals surface area contributed by atoms with E-state index in [9.17, 15) is 18.4 Å². The molecule has 0 fully saturated rings. The number of nitrogens with zero attached hydrogens (tertiary/aromatic N) is 2. The third-order valence-corrected chi connectivity index (χ3v) is 4.63. The van der Waals surface area contributed by atoms with Gasteiger partial charge in [0, 0.05) is 35.5 Å². The van der Waals surface area contributed by atoms with E-state index in [-0.39, 0.29) is 23.7 Å². The maximum absolute atomic E-state index is 13.4. The molecule has 148 valence electrons. The molecule has 0 saturated heterocycles. The summed E-state index contributed by atoms with van der Waals surface area (Å²) in [6, 6.07) is 13.2. The second-order valence-electron chi connectivity index (χ2n) is 6.26. The second-order valence-corrected chi connectivity index (χ2v) is 7.18. The molecule has 1 N–H and O–H groups in total. The zero-order valence-electron chi connectivity index (χ0n) is 15.3. The van der Waals surface area contributed by atoms with Gasteiger partial charge in [-0.2, -0.15) is 0 Å². The maximum Gasteiger partial charge on any atom is 0.274 e. The quantitative estimate of drug-likeness (QED) is 0.603. The smallest absolute Gasteiger partial charge is 0.274 e. The van der Waals surface area contributed by atoms with Gasteiger partial charge in [-0.25, -0.2) is 8.78 Å². The minimum absolute atomic E-state index is 0.0282. The first-order valence-electron chi connectivity index (χ1n) is 8.56. The molecule has 29 heavy (non-hydrogen) atoms. The van der Waals surface area contributed by atoms with Crippen LogP contribution in [0.25, 0.3) is 0 Å². The summed E-state index contributed by atoms with van der Waals surface area (Å²) in [4.78, 5) is 30.4. The van der Waals surface area contributed by atoms with Gasteiger partial charge in [-0.3, -0.25) is 14.6 Å². The summed E-state index contributed by atoms with van der Waals surface area (Å²) >= 11 is 3.38. The number of rotatable bonds is 5. The van der Waals surface area contributed by atoms with Crippen LogP contribution < -0.4 is 5.32 Å². The highest BCUT2D eigenvalue weighted by molar-refractivity contribution is 9.10. The third kappa shape index (κ3) is 5.03. The SMILES string of the molecule is CN(Cc1cc(Br)ccc1NC(=O)c1ccccn1)C(=O)c1ccc(F)c(F)c1. The number of hydrogen-bond donors (Lipinski definition) is 1. The van der Waals surface area contributed by atoms with Crippen LogP contribution in [0.3, 0.4) is 0 Å². The van der Waals surface area contributed by atoms with E-state index >= 15 is 0 Å². The molecule has 5 nitrogen and oxygen atoms in total. The Kier molecular flexibility index (Phi) is 6.33. The largest absolute Gasteiger partial charge is 0.337 e. The molecule has 0 saturated carbocycles. The van der Waals surface area contributed by atoms with Crippen molar-refractivity contribution in [1.29, 1.82) is 0 Å². The zero-order chi connectivity index (χ0) is 21.0. The van der Waals surface area contributed by atoms with Crippen LogP contribution in [0.4, 0.5) is 14.5 Å². The van der Waals surface area contributed by atoms with Crippen LogP contribution in [0.15, 0.2) is 65.3 Å². The van der Waals surface area contributed by atoms with E-state index in [0.717, 1.165) is 16.6 Å².